The van der Waals surface area contributed by atoms with Gasteiger partial charge < -0.3 is 5.73 Å². The molecule has 0 radical (unpaired) electrons. The molecule has 1 heterocycles. The van der Waals surface area contributed by atoms with Crippen molar-refractivity contribution < 1.29 is 0 Å². The summed E-state index contributed by atoms with van der Waals surface area (Å²) in [5, 5.41) is 0. The lowest BCUT2D eigenvalue weighted by atomic mass is 10.0. The summed E-state index contributed by atoms with van der Waals surface area (Å²) in [4.78, 5) is 8.18. The van der Waals surface area contributed by atoms with Gasteiger partial charge in [-0.25, -0.2) is 9.97 Å². The van der Waals surface area contributed by atoms with Crippen molar-refractivity contribution in [2.75, 3.05) is 0 Å². The predicted octanol–water partition coefficient (Wildman–Crippen LogP) is 3.27. The standard InChI is InChI=1S/C17H15N3/c18-11-13-1-3-14(4-2-13)15-5-7-16(8-6-15)17-9-10-19-12-20-17/h1-10,12H,11,18H2. The van der Waals surface area contributed by atoms with Gasteiger partial charge in [-0.05, 0) is 22.8 Å². The van der Waals surface area contributed by atoms with Gasteiger partial charge in [0.05, 0.1) is 5.69 Å². The molecule has 0 saturated carbocycles. The molecule has 3 heteroatoms. The van der Waals surface area contributed by atoms with Crippen molar-refractivity contribution in [2.24, 2.45) is 5.73 Å². The van der Waals surface area contributed by atoms with Crippen LogP contribution in [0.15, 0.2) is 67.1 Å². The molecule has 0 bridgehead atoms. The van der Waals surface area contributed by atoms with Crippen LogP contribution in [-0.4, -0.2) is 9.97 Å². The van der Waals surface area contributed by atoms with E-state index >= 15 is 0 Å². The van der Waals surface area contributed by atoms with Gasteiger partial charge in [-0.2, -0.15) is 0 Å². The number of nitrogens with zero attached hydrogens (tertiary/aromatic N) is 2. The fourth-order valence-corrected chi connectivity index (χ4v) is 2.13. The van der Waals surface area contributed by atoms with Gasteiger partial charge in [-0.15, -0.1) is 0 Å². The first kappa shape index (κ1) is 12.5. The molecule has 0 fully saturated rings. The Morgan fingerprint density at radius 1 is 0.750 bits per heavy atom. The monoisotopic (exact) mass is 261 g/mol. The van der Waals surface area contributed by atoms with Crippen LogP contribution in [0, 0.1) is 0 Å². The van der Waals surface area contributed by atoms with Gasteiger partial charge in [0.1, 0.15) is 6.33 Å². The maximum Gasteiger partial charge on any atom is 0.116 e. The number of hydrogen-bond acceptors (Lipinski definition) is 3. The second-order valence-corrected chi connectivity index (χ2v) is 4.57. The van der Waals surface area contributed by atoms with Crippen molar-refractivity contribution >= 4 is 0 Å². The topological polar surface area (TPSA) is 51.8 Å². The second-order valence-electron chi connectivity index (χ2n) is 4.57. The zero-order chi connectivity index (χ0) is 13.8. The van der Waals surface area contributed by atoms with Crippen LogP contribution in [0.25, 0.3) is 22.4 Å². The number of aromatic nitrogens is 2. The van der Waals surface area contributed by atoms with Crippen LogP contribution in [0.1, 0.15) is 5.56 Å². The van der Waals surface area contributed by atoms with Gasteiger partial charge >= 0.3 is 0 Å². The van der Waals surface area contributed by atoms with E-state index in [0.717, 1.165) is 16.8 Å². The smallest absolute Gasteiger partial charge is 0.116 e. The Morgan fingerprint density at radius 3 is 1.90 bits per heavy atom. The summed E-state index contributed by atoms with van der Waals surface area (Å²) in [5.74, 6) is 0. The van der Waals surface area contributed by atoms with E-state index in [1.807, 2.05) is 6.07 Å². The quantitative estimate of drug-likeness (QED) is 0.787. The van der Waals surface area contributed by atoms with Gasteiger partial charge in [0.15, 0.2) is 0 Å². The molecule has 2 aromatic carbocycles. The highest BCUT2D eigenvalue weighted by molar-refractivity contribution is 5.68. The fourth-order valence-electron chi connectivity index (χ4n) is 2.13. The molecule has 0 saturated heterocycles. The maximum atomic E-state index is 5.61. The summed E-state index contributed by atoms with van der Waals surface area (Å²) in [5.41, 5.74) is 11.2. The van der Waals surface area contributed by atoms with Crippen LogP contribution >= 0.6 is 0 Å². The lowest BCUT2D eigenvalue weighted by Crippen LogP contribution is -1.95. The van der Waals surface area contributed by atoms with Gasteiger partial charge in [0.2, 0.25) is 0 Å². The van der Waals surface area contributed by atoms with Crippen molar-refractivity contribution in [3.8, 4) is 22.4 Å². The van der Waals surface area contributed by atoms with E-state index in [1.165, 1.54) is 11.1 Å². The van der Waals surface area contributed by atoms with E-state index in [2.05, 4.69) is 58.5 Å². The first-order chi connectivity index (χ1) is 9.86. The van der Waals surface area contributed by atoms with Crippen LogP contribution in [-0.2, 0) is 6.54 Å². The molecule has 0 spiro atoms. The number of rotatable bonds is 3. The minimum absolute atomic E-state index is 0.576. The molecule has 20 heavy (non-hydrogen) atoms. The highest BCUT2D eigenvalue weighted by Crippen LogP contribution is 2.23. The molecule has 0 atom stereocenters. The van der Waals surface area contributed by atoms with Gasteiger partial charge in [0, 0.05) is 18.3 Å². The van der Waals surface area contributed by atoms with E-state index in [9.17, 15) is 0 Å². The van der Waals surface area contributed by atoms with Gasteiger partial charge in [0.25, 0.3) is 0 Å². The Balaban J connectivity index is 1.89. The molecule has 0 aliphatic carbocycles. The SMILES string of the molecule is NCc1ccc(-c2ccc(-c3ccncn3)cc2)cc1. The van der Waals surface area contributed by atoms with E-state index in [-0.39, 0.29) is 0 Å². The summed E-state index contributed by atoms with van der Waals surface area (Å²) in [7, 11) is 0. The van der Waals surface area contributed by atoms with Gasteiger partial charge in [-0.3, -0.25) is 0 Å². The van der Waals surface area contributed by atoms with Crippen LogP contribution < -0.4 is 5.73 Å². The summed E-state index contributed by atoms with van der Waals surface area (Å²) in [6.45, 7) is 0.576. The van der Waals surface area contributed by atoms with Crippen molar-refractivity contribution in [3.05, 3.63) is 72.7 Å². The van der Waals surface area contributed by atoms with E-state index in [1.54, 1.807) is 12.5 Å². The number of benzene rings is 2. The highest BCUT2D eigenvalue weighted by atomic mass is 14.8. The van der Waals surface area contributed by atoms with Crippen molar-refractivity contribution in [3.63, 3.8) is 0 Å². The summed E-state index contributed by atoms with van der Waals surface area (Å²) in [6.07, 6.45) is 3.32. The molecule has 0 aliphatic rings. The lowest BCUT2D eigenvalue weighted by Gasteiger charge is -2.05. The molecule has 1 aromatic heterocycles. The maximum absolute atomic E-state index is 5.61. The molecule has 0 unspecified atom stereocenters. The molecular formula is C17H15N3. The third kappa shape index (κ3) is 2.58. The summed E-state index contributed by atoms with van der Waals surface area (Å²) < 4.78 is 0. The number of nitrogens with two attached hydrogens (primary N) is 1. The minimum atomic E-state index is 0.576. The lowest BCUT2D eigenvalue weighted by molar-refractivity contribution is 1.07. The summed E-state index contributed by atoms with van der Waals surface area (Å²) >= 11 is 0. The predicted molar refractivity (Wildman–Crippen MR) is 80.8 cm³/mol. The van der Waals surface area contributed by atoms with E-state index in [0.29, 0.717) is 6.54 Å². The fraction of sp³-hybridized carbons (Fsp3) is 0.0588. The Kier molecular flexibility index (Phi) is 3.52. The van der Waals surface area contributed by atoms with Crippen molar-refractivity contribution in [2.45, 2.75) is 6.54 Å². The molecule has 2 N–H and O–H groups in total. The minimum Gasteiger partial charge on any atom is -0.326 e. The van der Waals surface area contributed by atoms with Crippen LogP contribution in [0.2, 0.25) is 0 Å². The Labute approximate surface area is 118 Å². The molecule has 3 aromatic rings. The molecule has 3 nitrogen and oxygen atoms in total. The normalized spacial score (nSPS) is 10.4. The molecule has 0 amide bonds. The number of hydrogen-bond donors (Lipinski definition) is 1. The van der Waals surface area contributed by atoms with Crippen molar-refractivity contribution in [1.29, 1.82) is 0 Å². The average Bonchev–Trinajstić information content (AvgIpc) is 2.56. The molecular weight excluding hydrogens is 246 g/mol. The molecule has 3 rings (SSSR count). The van der Waals surface area contributed by atoms with Crippen LogP contribution in [0.5, 0.6) is 0 Å². The zero-order valence-electron chi connectivity index (χ0n) is 11.0. The largest absolute Gasteiger partial charge is 0.326 e. The van der Waals surface area contributed by atoms with Crippen LogP contribution in [0.3, 0.4) is 0 Å². The first-order valence-electron chi connectivity index (χ1n) is 6.52. The van der Waals surface area contributed by atoms with Crippen molar-refractivity contribution in [1.82, 2.24) is 9.97 Å². The third-order valence-corrected chi connectivity index (χ3v) is 3.29. The molecule has 0 aliphatic heterocycles. The average molecular weight is 261 g/mol. The first-order valence-corrected chi connectivity index (χ1v) is 6.52. The van der Waals surface area contributed by atoms with E-state index < -0.39 is 0 Å². The Hall–Kier alpha value is -2.52. The third-order valence-electron chi connectivity index (χ3n) is 3.29. The Bertz CT molecular complexity index is 674. The van der Waals surface area contributed by atoms with Gasteiger partial charge in [-0.1, -0.05) is 48.5 Å². The zero-order valence-corrected chi connectivity index (χ0v) is 11.0. The summed E-state index contributed by atoms with van der Waals surface area (Å²) in [6, 6.07) is 18.6. The Morgan fingerprint density at radius 2 is 1.35 bits per heavy atom. The molecule has 98 valence electrons. The highest BCUT2D eigenvalue weighted by Gasteiger charge is 2.01. The van der Waals surface area contributed by atoms with Crippen LogP contribution in [0.4, 0.5) is 0 Å². The second kappa shape index (κ2) is 5.63. The van der Waals surface area contributed by atoms with E-state index in [4.69, 9.17) is 5.73 Å².